The Bertz CT molecular complexity index is 715. The molecule has 0 fully saturated rings. The lowest BCUT2D eigenvalue weighted by molar-refractivity contribution is 0.0113. The number of aromatic nitrogens is 3. The molecule has 2 aromatic rings. The summed E-state index contributed by atoms with van der Waals surface area (Å²) in [5, 5.41) is 7.20. The maximum Gasteiger partial charge on any atom is 0.256 e. The van der Waals surface area contributed by atoms with Gasteiger partial charge in [0.05, 0.1) is 24.6 Å². The highest BCUT2D eigenvalue weighted by atomic mass is 35.5. The maximum atomic E-state index is 12.3. The molecule has 2 rings (SSSR count). The summed E-state index contributed by atoms with van der Waals surface area (Å²) in [6, 6.07) is 3.00. The number of nitrogens with one attached hydrogen (secondary N) is 1. The van der Waals surface area contributed by atoms with E-state index in [-0.39, 0.29) is 22.5 Å². The molecule has 0 aromatic carbocycles. The second-order valence-electron chi connectivity index (χ2n) is 5.88. The van der Waals surface area contributed by atoms with E-state index in [2.05, 4.69) is 15.4 Å². The fourth-order valence-corrected chi connectivity index (χ4v) is 2.15. The van der Waals surface area contributed by atoms with Crippen LogP contribution in [0.2, 0.25) is 5.15 Å². The van der Waals surface area contributed by atoms with Crippen molar-refractivity contribution in [1.29, 1.82) is 0 Å². The minimum atomic E-state index is -0.311. The number of amides is 1. The summed E-state index contributed by atoms with van der Waals surface area (Å²) in [7, 11) is 3.15. The van der Waals surface area contributed by atoms with Crippen molar-refractivity contribution in [2.75, 3.05) is 19.5 Å². The molecule has 0 saturated heterocycles. The standard InChI is InChI=1S/C16H21ClN4O3/c1-16(2,24-4)5-6-21-10-12(9-18-21)19-15(22)11-7-13(17)20-14(8-11)23-3/h7-10H,5-6H2,1-4H3,(H,19,22). The lowest BCUT2D eigenvalue weighted by Crippen LogP contribution is -2.24. The average Bonchev–Trinajstić information content (AvgIpc) is 3.00. The van der Waals surface area contributed by atoms with Gasteiger partial charge in [-0.1, -0.05) is 11.6 Å². The summed E-state index contributed by atoms with van der Waals surface area (Å²) in [5.41, 5.74) is 0.738. The lowest BCUT2D eigenvalue weighted by Gasteiger charge is -2.22. The number of anilines is 1. The number of hydrogen-bond acceptors (Lipinski definition) is 5. The number of halogens is 1. The van der Waals surface area contributed by atoms with Gasteiger partial charge in [0.1, 0.15) is 5.15 Å². The summed E-state index contributed by atoms with van der Waals surface area (Å²) in [6.45, 7) is 4.71. The van der Waals surface area contributed by atoms with Gasteiger partial charge in [-0.2, -0.15) is 5.10 Å². The van der Waals surface area contributed by atoms with Gasteiger partial charge in [0, 0.05) is 31.5 Å². The van der Waals surface area contributed by atoms with Gasteiger partial charge in [-0.15, -0.1) is 0 Å². The highest BCUT2D eigenvalue weighted by molar-refractivity contribution is 6.30. The molecule has 130 valence electrons. The molecule has 1 amide bonds. The van der Waals surface area contributed by atoms with Gasteiger partial charge in [-0.25, -0.2) is 4.98 Å². The van der Waals surface area contributed by atoms with E-state index in [9.17, 15) is 4.79 Å². The number of hydrogen-bond donors (Lipinski definition) is 1. The summed E-state index contributed by atoms with van der Waals surface area (Å²) in [4.78, 5) is 16.2. The number of nitrogens with zero attached hydrogens (tertiary/aromatic N) is 3. The van der Waals surface area contributed by atoms with E-state index in [1.54, 1.807) is 24.2 Å². The minimum Gasteiger partial charge on any atom is -0.481 e. The largest absolute Gasteiger partial charge is 0.481 e. The third kappa shape index (κ3) is 4.94. The normalized spacial score (nSPS) is 11.4. The van der Waals surface area contributed by atoms with Gasteiger partial charge in [0.25, 0.3) is 5.91 Å². The Morgan fingerprint density at radius 2 is 2.12 bits per heavy atom. The first kappa shape index (κ1) is 18.2. The zero-order valence-corrected chi connectivity index (χ0v) is 14.9. The topological polar surface area (TPSA) is 78.3 Å². The number of carbonyl (C=O) groups is 1. The van der Waals surface area contributed by atoms with Crippen LogP contribution in [0.5, 0.6) is 5.88 Å². The molecular weight excluding hydrogens is 332 g/mol. The predicted octanol–water partition coefficient (Wildman–Crippen LogP) is 3.01. The smallest absolute Gasteiger partial charge is 0.256 e. The molecular formula is C16H21ClN4O3. The van der Waals surface area contributed by atoms with Crippen LogP contribution < -0.4 is 10.1 Å². The zero-order chi connectivity index (χ0) is 17.7. The van der Waals surface area contributed by atoms with Crippen LogP contribution >= 0.6 is 11.6 Å². The van der Waals surface area contributed by atoms with Crippen LogP contribution in [0.3, 0.4) is 0 Å². The molecule has 0 aliphatic carbocycles. The summed E-state index contributed by atoms with van der Waals surface area (Å²) in [5.74, 6) is -0.0282. The van der Waals surface area contributed by atoms with Gasteiger partial charge in [-0.3, -0.25) is 9.48 Å². The Labute approximate surface area is 145 Å². The molecule has 0 aliphatic rings. The van der Waals surface area contributed by atoms with Crippen LogP contribution in [-0.4, -0.2) is 40.5 Å². The van der Waals surface area contributed by atoms with Crippen molar-refractivity contribution in [1.82, 2.24) is 14.8 Å². The van der Waals surface area contributed by atoms with Gasteiger partial charge in [0.2, 0.25) is 5.88 Å². The van der Waals surface area contributed by atoms with Crippen LogP contribution in [0.1, 0.15) is 30.6 Å². The third-order valence-corrected chi connectivity index (χ3v) is 3.82. The molecule has 8 heteroatoms. The van der Waals surface area contributed by atoms with Crippen molar-refractivity contribution >= 4 is 23.2 Å². The molecule has 0 unspecified atom stereocenters. The second kappa shape index (κ2) is 7.63. The number of methoxy groups -OCH3 is 2. The fraction of sp³-hybridized carbons (Fsp3) is 0.438. The molecule has 0 aliphatic heterocycles. The summed E-state index contributed by atoms with van der Waals surface area (Å²) >= 11 is 5.88. The van der Waals surface area contributed by atoms with E-state index >= 15 is 0 Å². The number of rotatable bonds is 7. The highest BCUT2D eigenvalue weighted by Crippen LogP contribution is 2.18. The van der Waals surface area contributed by atoms with Gasteiger partial charge < -0.3 is 14.8 Å². The number of aryl methyl sites for hydroxylation is 1. The summed E-state index contributed by atoms with van der Waals surface area (Å²) < 4.78 is 12.2. The zero-order valence-electron chi connectivity index (χ0n) is 14.2. The van der Waals surface area contributed by atoms with Crippen LogP contribution in [-0.2, 0) is 11.3 Å². The Hall–Kier alpha value is -2.12. The van der Waals surface area contributed by atoms with Crippen molar-refractivity contribution < 1.29 is 14.3 Å². The van der Waals surface area contributed by atoms with Crippen molar-refractivity contribution in [2.24, 2.45) is 0 Å². The highest BCUT2D eigenvalue weighted by Gasteiger charge is 2.16. The Balaban J connectivity index is 2.01. The van der Waals surface area contributed by atoms with E-state index in [4.69, 9.17) is 21.1 Å². The van der Waals surface area contributed by atoms with Gasteiger partial charge in [0.15, 0.2) is 0 Å². The third-order valence-electron chi connectivity index (χ3n) is 3.63. The molecule has 0 radical (unpaired) electrons. The molecule has 0 saturated carbocycles. The number of ether oxygens (including phenoxy) is 2. The molecule has 1 N–H and O–H groups in total. The lowest BCUT2D eigenvalue weighted by atomic mass is 10.1. The number of carbonyl (C=O) groups excluding carboxylic acids is 1. The molecule has 0 atom stereocenters. The van der Waals surface area contributed by atoms with E-state index in [1.807, 2.05) is 13.8 Å². The quantitative estimate of drug-likeness (QED) is 0.775. The summed E-state index contributed by atoms with van der Waals surface area (Å²) in [6.07, 6.45) is 4.16. The average molecular weight is 353 g/mol. The van der Waals surface area contributed by atoms with Crippen LogP contribution in [0, 0.1) is 0 Å². The van der Waals surface area contributed by atoms with E-state index in [0.29, 0.717) is 17.8 Å². The molecule has 7 nitrogen and oxygen atoms in total. The first-order chi connectivity index (χ1) is 11.3. The van der Waals surface area contributed by atoms with Gasteiger partial charge in [-0.05, 0) is 26.3 Å². The van der Waals surface area contributed by atoms with E-state index < -0.39 is 0 Å². The van der Waals surface area contributed by atoms with Crippen molar-refractivity contribution in [3.63, 3.8) is 0 Å². The van der Waals surface area contributed by atoms with E-state index in [1.165, 1.54) is 19.2 Å². The monoisotopic (exact) mass is 352 g/mol. The first-order valence-electron chi connectivity index (χ1n) is 7.43. The van der Waals surface area contributed by atoms with E-state index in [0.717, 1.165) is 6.42 Å². The van der Waals surface area contributed by atoms with Crippen molar-refractivity contribution in [2.45, 2.75) is 32.4 Å². The predicted molar refractivity (Wildman–Crippen MR) is 91.7 cm³/mol. The Morgan fingerprint density at radius 1 is 1.38 bits per heavy atom. The molecule has 24 heavy (non-hydrogen) atoms. The van der Waals surface area contributed by atoms with Crippen LogP contribution in [0.4, 0.5) is 5.69 Å². The minimum absolute atomic E-state index is 0.192. The second-order valence-corrected chi connectivity index (χ2v) is 6.27. The molecule has 0 spiro atoms. The number of pyridine rings is 1. The van der Waals surface area contributed by atoms with Crippen LogP contribution in [0.25, 0.3) is 0 Å². The first-order valence-corrected chi connectivity index (χ1v) is 7.81. The van der Waals surface area contributed by atoms with Gasteiger partial charge >= 0.3 is 0 Å². The SMILES string of the molecule is COc1cc(C(=O)Nc2cnn(CCC(C)(C)OC)c2)cc(Cl)n1. The molecule has 0 bridgehead atoms. The Kier molecular flexibility index (Phi) is 5.80. The molecule has 2 aromatic heterocycles. The van der Waals surface area contributed by atoms with Crippen molar-refractivity contribution in [3.05, 3.63) is 35.2 Å². The fourth-order valence-electron chi connectivity index (χ4n) is 1.95. The Morgan fingerprint density at radius 3 is 2.79 bits per heavy atom. The molecule has 2 heterocycles. The maximum absolute atomic E-state index is 12.3. The van der Waals surface area contributed by atoms with Crippen molar-refractivity contribution in [3.8, 4) is 5.88 Å². The van der Waals surface area contributed by atoms with Crippen LogP contribution in [0.15, 0.2) is 24.5 Å².